The van der Waals surface area contributed by atoms with E-state index in [1.165, 1.54) is 17.8 Å². The molecule has 1 aromatic carbocycles. The first-order chi connectivity index (χ1) is 7.15. The van der Waals surface area contributed by atoms with Gasteiger partial charge in [-0.1, -0.05) is 12.1 Å². The van der Waals surface area contributed by atoms with Gasteiger partial charge in [-0.2, -0.15) is 5.26 Å². The Kier molecular flexibility index (Phi) is 4.09. The summed E-state index contributed by atoms with van der Waals surface area (Å²) in [6, 6.07) is 7.66. The van der Waals surface area contributed by atoms with E-state index in [9.17, 15) is 10.1 Å². The Hall–Kier alpha value is -1.58. The Morgan fingerprint density at radius 2 is 2.27 bits per heavy atom. The fraction of sp³-hybridized carbons (Fsp3) is 0.222. The highest BCUT2D eigenvalue weighted by Gasteiger charge is 2.13. The number of nitro benzene ring substituents is 1. The lowest BCUT2D eigenvalue weighted by molar-refractivity contribution is -0.387. The van der Waals surface area contributed by atoms with Crippen molar-refractivity contribution in [3.05, 3.63) is 34.4 Å². The number of benzene rings is 1. The molecule has 0 spiro atoms. The lowest BCUT2D eigenvalue weighted by Crippen LogP contribution is -2.19. The van der Waals surface area contributed by atoms with Crippen LogP contribution in [0, 0.1) is 21.4 Å². The smallest absolute Gasteiger partial charge is 0.282 e. The van der Waals surface area contributed by atoms with E-state index in [-0.39, 0.29) is 5.69 Å². The average molecular weight is 223 g/mol. The van der Waals surface area contributed by atoms with E-state index in [0.717, 1.165) is 0 Å². The number of nitrogens with zero attached hydrogens (tertiary/aromatic N) is 2. The van der Waals surface area contributed by atoms with Crippen molar-refractivity contribution in [1.82, 2.24) is 0 Å². The van der Waals surface area contributed by atoms with Gasteiger partial charge in [-0.05, 0) is 6.07 Å². The van der Waals surface area contributed by atoms with E-state index in [4.69, 9.17) is 11.0 Å². The summed E-state index contributed by atoms with van der Waals surface area (Å²) in [5, 5.41) is 19.1. The number of thioether (sulfide) groups is 1. The molecule has 0 aromatic heterocycles. The van der Waals surface area contributed by atoms with Gasteiger partial charge in [-0.15, -0.1) is 11.8 Å². The van der Waals surface area contributed by atoms with Crippen LogP contribution in [0.5, 0.6) is 0 Å². The molecule has 0 bridgehead atoms. The van der Waals surface area contributed by atoms with E-state index >= 15 is 0 Å². The third-order valence-corrected chi connectivity index (χ3v) is 2.83. The molecule has 78 valence electrons. The van der Waals surface area contributed by atoms with E-state index < -0.39 is 11.0 Å². The van der Waals surface area contributed by atoms with Gasteiger partial charge in [0.05, 0.1) is 15.9 Å². The molecule has 1 unspecified atom stereocenters. The van der Waals surface area contributed by atoms with Crippen molar-refractivity contribution >= 4 is 17.4 Å². The SMILES string of the molecule is N#CC(N)CSc1ccccc1[N+](=O)[O-]. The first-order valence-electron chi connectivity index (χ1n) is 4.16. The van der Waals surface area contributed by atoms with Crippen LogP contribution in [0.3, 0.4) is 0 Å². The molecule has 0 heterocycles. The zero-order valence-corrected chi connectivity index (χ0v) is 8.61. The van der Waals surface area contributed by atoms with Gasteiger partial charge in [0.15, 0.2) is 0 Å². The number of hydrogen-bond donors (Lipinski definition) is 1. The monoisotopic (exact) mass is 223 g/mol. The molecule has 1 rings (SSSR count). The number of nitro groups is 1. The highest BCUT2D eigenvalue weighted by Crippen LogP contribution is 2.28. The molecule has 6 heteroatoms. The first kappa shape index (κ1) is 11.5. The molecular formula is C9H9N3O2S. The third-order valence-electron chi connectivity index (χ3n) is 1.65. The predicted molar refractivity (Wildman–Crippen MR) is 57.4 cm³/mol. The van der Waals surface area contributed by atoms with Gasteiger partial charge in [0, 0.05) is 11.8 Å². The molecule has 0 radical (unpaired) electrons. The van der Waals surface area contributed by atoms with Crippen LogP contribution in [0.1, 0.15) is 0 Å². The van der Waals surface area contributed by atoms with Crippen LogP contribution in [-0.4, -0.2) is 16.7 Å². The Labute approximate surface area is 91.0 Å². The largest absolute Gasteiger partial charge is 0.315 e. The van der Waals surface area contributed by atoms with E-state index in [1.807, 2.05) is 6.07 Å². The summed E-state index contributed by atoms with van der Waals surface area (Å²) in [5.41, 5.74) is 5.44. The van der Waals surface area contributed by atoms with Crippen molar-refractivity contribution in [2.24, 2.45) is 5.73 Å². The van der Waals surface area contributed by atoms with Crippen molar-refractivity contribution < 1.29 is 4.92 Å². The lowest BCUT2D eigenvalue weighted by atomic mass is 10.3. The molecule has 0 aliphatic rings. The summed E-state index contributed by atoms with van der Waals surface area (Å²) < 4.78 is 0. The minimum atomic E-state index is -0.602. The molecule has 0 amide bonds. The Morgan fingerprint density at radius 3 is 2.87 bits per heavy atom. The van der Waals surface area contributed by atoms with Gasteiger partial charge >= 0.3 is 0 Å². The standard InChI is InChI=1S/C9H9N3O2S/c10-5-7(11)6-15-9-4-2-1-3-8(9)12(13)14/h1-4,7H,6,11H2. The zero-order chi connectivity index (χ0) is 11.3. The summed E-state index contributed by atoms with van der Waals surface area (Å²) in [6.45, 7) is 0. The van der Waals surface area contributed by atoms with Gasteiger partial charge < -0.3 is 5.73 Å². The van der Waals surface area contributed by atoms with Crippen LogP contribution in [0.2, 0.25) is 0 Å². The topological polar surface area (TPSA) is 93.0 Å². The summed E-state index contributed by atoms with van der Waals surface area (Å²) in [6.07, 6.45) is 0. The van der Waals surface area contributed by atoms with Crippen molar-refractivity contribution in [1.29, 1.82) is 5.26 Å². The van der Waals surface area contributed by atoms with E-state index in [0.29, 0.717) is 10.6 Å². The normalized spacial score (nSPS) is 11.7. The quantitative estimate of drug-likeness (QED) is 0.474. The van der Waals surface area contributed by atoms with Gasteiger partial charge in [-0.25, -0.2) is 0 Å². The molecule has 0 aliphatic heterocycles. The summed E-state index contributed by atoms with van der Waals surface area (Å²) >= 11 is 1.22. The molecule has 0 saturated carbocycles. The Morgan fingerprint density at radius 1 is 1.60 bits per heavy atom. The molecule has 0 aliphatic carbocycles. The Bertz CT molecular complexity index is 403. The maximum Gasteiger partial charge on any atom is 0.282 e. The molecule has 5 nitrogen and oxygen atoms in total. The summed E-state index contributed by atoms with van der Waals surface area (Å²) in [5.74, 6) is 0.349. The van der Waals surface area contributed by atoms with Crippen LogP contribution in [0.15, 0.2) is 29.2 Å². The van der Waals surface area contributed by atoms with Gasteiger partial charge in [-0.3, -0.25) is 10.1 Å². The molecule has 1 atom stereocenters. The molecule has 1 aromatic rings. The van der Waals surface area contributed by atoms with Gasteiger partial charge in [0.2, 0.25) is 0 Å². The van der Waals surface area contributed by atoms with E-state index in [2.05, 4.69) is 0 Å². The van der Waals surface area contributed by atoms with Crippen LogP contribution in [0.25, 0.3) is 0 Å². The summed E-state index contributed by atoms with van der Waals surface area (Å²) in [4.78, 5) is 10.7. The highest BCUT2D eigenvalue weighted by molar-refractivity contribution is 7.99. The third kappa shape index (κ3) is 3.23. The van der Waals surface area contributed by atoms with Crippen LogP contribution < -0.4 is 5.73 Å². The van der Waals surface area contributed by atoms with Crippen molar-refractivity contribution in [2.75, 3.05) is 5.75 Å². The summed E-state index contributed by atoms with van der Waals surface area (Å²) in [7, 11) is 0. The number of rotatable bonds is 4. The number of para-hydroxylation sites is 1. The molecular weight excluding hydrogens is 214 g/mol. The van der Waals surface area contributed by atoms with Crippen molar-refractivity contribution in [2.45, 2.75) is 10.9 Å². The average Bonchev–Trinajstić information content (AvgIpc) is 2.26. The van der Waals surface area contributed by atoms with Gasteiger partial charge in [0.25, 0.3) is 5.69 Å². The minimum Gasteiger partial charge on any atom is -0.315 e. The van der Waals surface area contributed by atoms with E-state index in [1.54, 1.807) is 18.2 Å². The second-order valence-electron chi connectivity index (χ2n) is 2.77. The molecule has 0 saturated heterocycles. The molecule has 2 N–H and O–H groups in total. The number of nitriles is 1. The maximum absolute atomic E-state index is 10.6. The highest BCUT2D eigenvalue weighted by atomic mass is 32.2. The lowest BCUT2D eigenvalue weighted by Gasteiger charge is -2.03. The zero-order valence-electron chi connectivity index (χ0n) is 7.79. The van der Waals surface area contributed by atoms with Crippen LogP contribution >= 0.6 is 11.8 Å². The fourth-order valence-corrected chi connectivity index (χ4v) is 1.85. The van der Waals surface area contributed by atoms with Crippen molar-refractivity contribution in [3.8, 4) is 6.07 Å². The number of nitrogens with two attached hydrogens (primary N) is 1. The predicted octanol–water partition coefficient (Wildman–Crippen LogP) is 1.54. The minimum absolute atomic E-state index is 0.0487. The second kappa shape index (κ2) is 5.34. The maximum atomic E-state index is 10.6. The van der Waals surface area contributed by atoms with Crippen LogP contribution in [0.4, 0.5) is 5.69 Å². The Balaban J connectivity index is 2.77. The molecule has 15 heavy (non-hydrogen) atoms. The van der Waals surface area contributed by atoms with Crippen LogP contribution in [-0.2, 0) is 0 Å². The van der Waals surface area contributed by atoms with Gasteiger partial charge in [0.1, 0.15) is 6.04 Å². The molecule has 0 fully saturated rings. The fourth-order valence-electron chi connectivity index (χ4n) is 0.947. The second-order valence-corrected chi connectivity index (χ2v) is 3.83. The van der Waals surface area contributed by atoms with Crippen molar-refractivity contribution in [3.63, 3.8) is 0 Å². The first-order valence-corrected chi connectivity index (χ1v) is 5.15. The number of hydrogen-bond acceptors (Lipinski definition) is 5.